The number of halogens is 1. The molecule has 0 aliphatic rings. The lowest BCUT2D eigenvalue weighted by molar-refractivity contribution is 0.0802. The molecule has 2 atom stereocenters. The summed E-state index contributed by atoms with van der Waals surface area (Å²) in [6.07, 6.45) is 0.384. The van der Waals surface area contributed by atoms with Gasteiger partial charge in [-0.3, -0.25) is 4.98 Å². The first-order valence-electron chi connectivity index (χ1n) is 6.21. The van der Waals surface area contributed by atoms with Crippen molar-refractivity contribution in [1.82, 2.24) is 9.88 Å². The molecule has 0 aromatic carbocycles. The van der Waals surface area contributed by atoms with Crippen LogP contribution in [0.2, 0.25) is 0 Å². The number of pyridine rings is 1. The summed E-state index contributed by atoms with van der Waals surface area (Å²) in [5, 5.41) is 19.0. The molecule has 0 saturated heterocycles. The van der Waals surface area contributed by atoms with Gasteiger partial charge in [-0.25, -0.2) is 4.39 Å². The SMILES string of the molecule is CCN(CCO)CC(C)C(O)c1ccc(F)cn1. The van der Waals surface area contributed by atoms with E-state index < -0.39 is 11.9 Å². The van der Waals surface area contributed by atoms with E-state index in [0.717, 1.165) is 12.7 Å². The minimum absolute atomic E-state index is 0.0329. The molecule has 2 unspecified atom stereocenters. The van der Waals surface area contributed by atoms with Crippen molar-refractivity contribution in [3.05, 3.63) is 29.8 Å². The molecule has 0 bridgehead atoms. The summed E-state index contributed by atoms with van der Waals surface area (Å²) in [6, 6.07) is 2.79. The van der Waals surface area contributed by atoms with Crippen molar-refractivity contribution >= 4 is 0 Å². The highest BCUT2D eigenvalue weighted by Gasteiger charge is 2.19. The maximum Gasteiger partial charge on any atom is 0.141 e. The number of nitrogens with zero attached hydrogens (tertiary/aromatic N) is 2. The van der Waals surface area contributed by atoms with Gasteiger partial charge in [0, 0.05) is 19.0 Å². The molecule has 0 spiro atoms. The molecule has 0 aliphatic heterocycles. The van der Waals surface area contributed by atoms with E-state index in [-0.39, 0.29) is 12.5 Å². The van der Waals surface area contributed by atoms with E-state index >= 15 is 0 Å². The van der Waals surface area contributed by atoms with Crippen molar-refractivity contribution in [1.29, 1.82) is 0 Å². The van der Waals surface area contributed by atoms with Crippen LogP contribution in [0.15, 0.2) is 18.3 Å². The molecular formula is C13H21FN2O2. The van der Waals surface area contributed by atoms with Crippen molar-refractivity contribution in [2.24, 2.45) is 5.92 Å². The first-order chi connectivity index (χ1) is 8.58. The lowest BCUT2D eigenvalue weighted by Gasteiger charge is -2.26. The van der Waals surface area contributed by atoms with Crippen molar-refractivity contribution in [2.75, 3.05) is 26.2 Å². The fourth-order valence-corrected chi connectivity index (χ4v) is 1.88. The summed E-state index contributed by atoms with van der Waals surface area (Å²) in [5.74, 6) is -0.441. The summed E-state index contributed by atoms with van der Waals surface area (Å²) >= 11 is 0. The summed E-state index contributed by atoms with van der Waals surface area (Å²) in [4.78, 5) is 5.94. The third kappa shape index (κ3) is 4.33. The van der Waals surface area contributed by atoms with Gasteiger partial charge < -0.3 is 15.1 Å². The number of hydrogen-bond donors (Lipinski definition) is 2. The van der Waals surface area contributed by atoms with Crippen LogP contribution < -0.4 is 0 Å². The van der Waals surface area contributed by atoms with E-state index in [1.807, 2.05) is 13.8 Å². The average Bonchev–Trinajstić information content (AvgIpc) is 2.38. The second-order valence-electron chi connectivity index (χ2n) is 4.44. The molecular weight excluding hydrogens is 235 g/mol. The Balaban J connectivity index is 2.59. The maximum atomic E-state index is 12.7. The molecule has 102 valence electrons. The largest absolute Gasteiger partial charge is 0.395 e. The minimum Gasteiger partial charge on any atom is -0.395 e. The highest BCUT2D eigenvalue weighted by atomic mass is 19.1. The van der Waals surface area contributed by atoms with E-state index in [2.05, 4.69) is 9.88 Å². The molecule has 0 amide bonds. The molecule has 18 heavy (non-hydrogen) atoms. The monoisotopic (exact) mass is 256 g/mol. The molecule has 1 rings (SSSR count). The van der Waals surface area contributed by atoms with E-state index in [1.165, 1.54) is 12.1 Å². The lowest BCUT2D eigenvalue weighted by atomic mass is 10.0. The van der Waals surface area contributed by atoms with Gasteiger partial charge in [-0.15, -0.1) is 0 Å². The second-order valence-corrected chi connectivity index (χ2v) is 4.44. The molecule has 0 fully saturated rings. The first kappa shape index (κ1) is 15.0. The molecule has 0 radical (unpaired) electrons. The van der Waals surface area contributed by atoms with Gasteiger partial charge in [0.25, 0.3) is 0 Å². The topological polar surface area (TPSA) is 56.6 Å². The summed E-state index contributed by atoms with van der Waals surface area (Å²) in [5.41, 5.74) is 0.476. The zero-order valence-electron chi connectivity index (χ0n) is 10.9. The zero-order valence-corrected chi connectivity index (χ0v) is 10.9. The van der Waals surface area contributed by atoms with Crippen LogP contribution in [0.4, 0.5) is 4.39 Å². The molecule has 1 aromatic rings. The number of aliphatic hydroxyl groups excluding tert-OH is 2. The predicted octanol–water partition coefficient (Wildman–Crippen LogP) is 1.20. The van der Waals surface area contributed by atoms with Crippen molar-refractivity contribution < 1.29 is 14.6 Å². The highest BCUT2D eigenvalue weighted by Crippen LogP contribution is 2.20. The summed E-state index contributed by atoms with van der Waals surface area (Å²) in [6.45, 7) is 6.09. The molecule has 4 nitrogen and oxygen atoms in total. The zero-order chi connectivity index (χ0) is 13.5. The fourth-order valence-electron chi connectivity index (χ4n) is 1.88. The van der Waals surface area contributed by atoms with Crippen LogP contribution in [-0.2, 0) is 0 Å². The predicted molar refractivity (Wildman–Crippen MR) is 67.5 cm³/mol. The van der Waals surface area contributed by atoms with E-state index in [4.69, 9.17) is 5.11 Å². The van der Waals surface area contributed by atoms with Crippen LogP contribution >= 0.6 is 0 Å². The van der Waals surface area contributed by atoms with Gasteiger partial charge in [0.05, 0.1) is 24.6 Å². The molecule has 0 saturated carbocycles. The number of rotatable bonds is 7. The molecule has 1 aromatic heterocycles. The van der Waals surface area contributed by atoms with Gasteiger partial charge in [-0.2, -0.15) is 0 Å². The van der Waals surface area contributed by atoms with Gasteiger partial charge in [0.2, 0.25) is 0 Å². The Bertz CT molecular complexity index is 345. The van der Waals surface area contributed by atoms with E-state index in [9.17, 15) is 9.50 Å². The second kappa shape index (κ2) is 7.41. The fraction of sp³-hybridized carbons (Fsp3) is 0.615. The Morgan fingerprint density at radius 2 is 2.17 bits per heavy atom. The summed E-state index contributed by atoms with van der Waals surface area (Å²) < 4.78 is 12.7. The molecule has 2 N–H and O–H groups in total. The third-order valence-electron chi connectivity index (χ3n) is 3.00. The quantitative estimate of drug-likeness (QED) is 0.770. The van der Waals surface area contributed by atoms with Crippen LogP contribution in [0.25, 0.3) is 0 Å². The van der Waals surface area contributed by atoms with Gasteiger partial charge in [0.1, 0.15) is 5.82 Å². The van der Waals surface area contributed by atoms with Gasteiger partial charge >= 0.3 is 0 Å². The average molecular weight is 256 g/mol. The van der Waals surface area contributed by atoms with Crippen molar-refractivity contribution in [2.45, 2.75) is 20.0 Å². The number of aromatic nitrogens is 1. The normalized spacial score (nSPS) is 14.8. The van der Waals surface area contributed by atoms with Gasteiger partial charge in [-0.1, -0.05) is 13.8 Å². The van der Waals surface area contributed by atoms with E-state index in [0.29, 0.717) is 18.8 Å². The van der Waals surface area contributed by atoms with E-state index in [1.54, 1.807) is 0 Å². The smallest absolute Gasteiger partial charge is 0.141 e. The standard InChI is InChI=1S/C13H21FN2O2/c1-3-16(6-7-17)9-10(2)13(18)12-5-4-11(14)8-15-12/h4-5,8,10,13,17-18H,3,6-7,9H2,1-2H3. The Labute approximate surface area is 107 Å². The number of aliphatic hydroxyl groups is 2. The molecule has 5 heteroatoms. The highest BCUT2D eigenvalue weighted by molar-refractivity contribution is 5.08. The maximum absolute atomic E-state index is 12.7. The van der Waals surface area contributed by atoms with Gasteiger partial charge in [0.15, 0.2) is 0 Å². The summed E-state index contributed by atoms with van der Waals surface area (Å²) in [7, 11) is 0. The Morgan fingerprint density at radius 1 is 1.44 bits per heavy atom. The van der Waals surface area contributed by atoms with Crippen LogP contribution in [0.3, 0.4) is 0 Å². The van der Waals surface area contributed by atoms with Crippen LogP contribution in [-0.4, -0.2) is 46.3 Å². The van der Waals surface area contributed by atoms with Crippen molar-refractivity contribution in [3.63, 3.8) is 0 Å². The lowest BCUT2D eigenvalue weighted by Crippen LogP contribution is -2.33. The van der Waals surface area contributed by atoms with Crippen LogP contribution in [0.5, 0.6) is 0 Å². The Hall–Kier alpha value is -1.04. The Kier molecular flexibility index (Phi) is 6.18. The number of hydrogen-bond acceptors (Lipinski definition) is 4. The third-order valence-corrected chi connectivity index (χ3v) is 3.00. The van der Waals surface area contributed by atoms with Crippen LogP contribution in [0, 0.1) is 11.7 Å². The minimum atomic E-state index is -0.724. The number of likely N-dealkylation sites (N-methyl/N-ethyl adjacent to an activating group) is 1. The molecule has 1 heterocycles. The van der Waals surface area contributed by atoms with Crippen LogP contribution in [0.1, 0.15) is 25.6 Å². The van der Waals surface area contributed by atoms with Crippen molar-refractivity contribution in [3.8, 4) is 0 Å². The Morgan fingerprint density at radius 3 is 2.67 bits per heavy atom. The molecule has 0 aliphatic carbocycles. The van der Waals surface area contributed by atoms with Gasteiger partial charge in [-0.05, 0) is 18.7 Å². The first-order valence-corrected chi connectivity index (χ1v) is 6.21.